The predicted molar refractivity (Wildman–Crippen MR) is 432 cm³/mol. The van der Waals surface area contributed by atoms with Gasteiger partial charge in [0.15, 0.2) is 0 Å². The van der Waals surface area contributed by atoms with Crippen molar-refractivity contribution in [2.45, 2.75) is 172 Å². The molecule has 0 aliphatic heterocycles. The molecule has 6 aromatic carbocycles. The molecule has 0 amide bonds. The van der Waals surface area contributed by atoms with Gasteiger partial charge in [-0.1, -0.05) is 123 Å². The number of benzene rings is 6. The first-order chi connectivity index (χ1) is 51.4. The molecule has 3 atom stereocenters. The summed E-state index contributed by atoms with van der Waals surface area (Å²) in [6, 6.07) is 34.1. The molecule has 0 aliphatic rings. The molecule has 0 fully saturated rings. The average molecular weight is 1750 g/mol. The Morgan fingerprint density at radius 1 is 0.514 bits per heavy atom. The summed E-state index contributed by atoms with van der Waals surface area (Å²) in [6.45, 7) is 24.6. The Hall–Kier alpha value is -5.58. The van der Waals surface area contributed by atoms with Gasteiger partial charge in [0.25, 0.3) is 6.47 Å². The van der Waals surface area contributed by atoms with Crippen LogP contribution in [-0.2, 0) is 74.3 Å². The molecule has 0 radical (unpaired) electrons. The quantitative estimate of drug-likeness (QED) is 0.0116. The molecule has 22 nitrogen and oxygen atoms in total. The second-order valence-corrected chi connectivity index (χ2v) is 29.7. The van der Waals surface area contributed by atoms with Crippen LogP contribution >= 0.6 is 34.8 Å². The molecule has 6 aromatic heterocycles. The summed E-state index contributed by atoms with van der Waals surface area (Å²) in [4.78, 5) is 89.3. The number of ether oxygens (including phenoxy) is 2. The van der Waals surface area contributed by atoms with E-state index in [-0.39, 0.29) is 201 Å². The smallest absolute Gasteiger partial charge is 1.00 e. The molecule has 111 heavy (non-hydrogen) atoms. The number of carboxylic acid groups (broad SMARTS) is 1. The minimum atomic E-state index is -0.902. The number of H-pyrrole nitrogens is 1. The van der Waals surface area contributed by atoms with Crippen LogP contribution in [0.4, 0.5) is 0 Å². The van der Waals surface area contributed by atoms with E-state index in [1.807, 2.05) is 136 Å². The summed E-state index contributed by atoms with van der Waals surface area (Å²) < 4.78 is 26.4. The fraction of sp³-hybridized carbons (Fsp3) is 0.410. The molecule has 0 bridgehead atoms. The predicted octanol–water partition coefficient (Wildman–Crippen LogP) is 7.17. The number of nitrogens with zero attached hydrogens (tertiary/aromatic N) is 9. The maximum absolute atomic E-state index is 13.8. The topological polar surface area (TPSA) is 246 Å². The number of carboxylic acids is 1. The first-order valence-electron chi connectivity index (χ1n) is 36.7. The second-order valence-electron chi connectivity index (χ2n) is 28.5. The van der Waals surface area contributed by atoms with Crippen molar-refractivity contribution in [1.29, 1.82) is 0 Å². The molecule has 0 aliphatic carbocycles. The van der Waals surface area contributed by atoms with Gasteiger partial charge in [0, 0.05) is 78.1 Å². The number of aromatic amines is 1. The SMILES string of the molecule is CCCC(CC(=O)O)n1c(=O)n(Cc2ccc(Cl)c3c(C)c(C)n(C)c23)c2ccccc21.CCCC(CC(=O)OCC)n1c(=O)[nH]c2ccccc21.CCCC(CC(=O)OCC)n1c(=O)n(Cc2ccc(Cl)c3c(C)c(C)n(C)c23)c2ccccc21.Cc1c(C)n(C)c2c(C[N+](C)(C)C)ccc(Cl)c12.O=CO[O-].[H-].[I-].[K+].[K+]. The van der Waals surface area contributed by atoms with E-state index in [9.17, 15) is 33.9 Å². The van der Waals surface area contributed by atoms with Crippen LogP contribution in [0, 0.1) is 41.5 Å². The van der Waals surface area contributed by atoms with Crippen LogP contribution in [0.1, 0.15) is 162 Å². The van der Waals surface area contributed by atoms with Crippen LogP contribution in [0.25, 0.3) is 65.8 Å². The summed E-state index contributed by atoms with van der Waals surface area (Å²) in [5.74, 6) is -1.44. The Bertz CT molecular complexity index is 5450. The van der Waals surface area contributed by atoms with E-state index in [1.165, 1.54) is 27.7 Å². The number of nitrogens with one attached hydrogen (secondary N) is 1. The van der Waals surface area contributed by atoms with Gasteiger partial charge in [0.05, 0.1) is 131 Å². The van der Waals surface area contributed by atoms with E-state index in [0.29, 0.717) is 49.2 Å². The van der Waals surface area contributed by atoms with Gasteiger partial charge in [0.2, 0.25) is 0 Å². The molecule has 3 unspecified atom stereocenters. The van der Waals surface area contributed by atoms with Crippen molar-refractivity contribution in [3.8, 4) is 0 Å². The zero-order valence-corrected chi connectivity index (χ0v) is 78.2. The number of quaternary nitrogens is 1. The minimum absolute atomic E-state index is 0. The largest absolute Gasteiger partial charge is 1.00 e. The molecule has 588 valence electrons. The van der Waals surface area contributed by atoms with Gasteiger partial charge in [-0.05, 0) is 163 Å². The normalized spacial score (nSPS) is 11.9. The Morgan fingerprint density at radius 3 is 1.18 bits per heavy atom. The van der Waals surface area contributed by atoms with Crippen LogP contribution in [0.15, 0.2) is 124 Å². The second kappa shape index (κ2) is 43.4. The van der Waals surface area contributed by atoms with E-state index < -0.39 is 5.97 Å². The van der Waals surface area contributed by atoms with Gasteiger partial charge in [-0.15, -0.1) is 0 Å². The molecule has 12 rings (SSSR count). The van der Waals surface area contributed by atoms with E-state index in [2.05, 4.69) is 106 Å². The monoisotopic (exact) mass is 1740 g/mol. The molecule has 0 saturated heterocycles. The van der Waals surface area contributed by atoms with Gasteiger partial charge in [-0.2, -0.15) is 0 Å². The Balaban J connectivity index is 0.000000315. The molecular formula is C83H104Cl3IK2N10O12. The number of fused-ring (bicyclic) bond motifs is 6. The number of aryl methyl sites for hydroxylation is 6. The third-order valence-corrected chi connectivity index (χ3v) is 21.3. The molecule has 0 spiro atoms. The molecular weight excluding hydrogens is 1640 g/mol. The van der Waals surface area contributed by atoms with Crippen LogP contribution < -0.4 is 149 Å². The van der Waals surface area contributed by atoms with Crippen molar-refractivity contribution < 1.29 is 177 Å². The maximum Gasteiger partial charge on any atom is 1.00 e. The summed E-state index contributed by atoms with van der Waals surface area (Å²) in [7, 11) is 12.8. The number of carbonyl (C=O) groups is 4. The fourth-order valence-electron chi connectivity index (χ4n) is 15.0. The number of aromatic nitrogens is 9. The zero-order valence-electron chi connectivity index (χ0n) is 68.6. The molecule has 2 N–H and O–H groups in total. The van der Waals surface area contributed by atoms with Gasteiger partial charge in [-0.25, -0.2) is 14.4 Å². The van der Waals surface area contributed by atoms with Crippen LogP contribution in [0.3, 0.4) is 0 Å². The van der Waals surface area contributed by atoms with Gasteiger partial charge < -0.3 is 73.3 Å². The zero-order chi connectivity index (χ0) is 79.3. The van der Waals surface area contributed by atoms with E-state index >= 15 is 0 Å². The van der Waals surface area contributed by atoms with Gasteiger partial charge in [-0.3, -0.25) is 42.0 Å². The summed E-state index contributed by atoms with van der Waals surface area (Å²) in [6.07, 6.45) is 4.98. The van der Waals surface area contributed by atoms with Crippen molar-refractivity contribution in [1.82, 2.24) is 41.5 Å². The third-order valence-electron chi connectivity index (χ3n) is 20.4. The van der Waals surface area contributed by atoms with Crippen LogP contribution in [0.5, 0.6) is 0 Å². The van der Waals surface area contributed by atoms with E-state index in [1.54, 1.807) is 32.1 Å². The third kappa shape index (κ3) is 21.9. The number of hydrogen-bond donors (Lipinski definition) is 2. The Morgan fingerprint density at radius 2 is 0.838 bits per heavy atom. The van der Waals surface area contributed by atoms with Crippen molar-refractivity contribution >= 4 is 125 Å². The first-order valence-corrected chi connectivity index (χ1v) is 37.8. The molecule has 0 saturated carbocycles. The first kappa shape index (κ1) is 96.0. The van der Waals surface area contributed by atoms with Crippen molar-refractivity contribution in [2.24, 2.45) is 21.1 Å². The number of carbonyl (C=O) groups excluding carboxylic acids is 3. The summed E-state index contributed by atoms with van der Waals surface area (Å²) in [5, 5.41) is 23.4. The maximum atomic E-state index is 13.8. The Labute approximate surface area is 767 Å². The summed E-state index contributed by atoms with van der Waals surface area (Å²) >= 11 is 19.5. The minimum Gasteiger partial charge on any atom is -1.00 e. The number of para-hydroxylation sites is 6. The molecule has 6 heterocycles. The fourth-order valence-corrected chi connectivity index (χ4v) is 15.9. The van der Waals surface area contributed by atoms with E-state index in [0.717, 1.165) is 130 Å². The summed E-state index contributed by atoms with van der Waals surface area (Å²) in [5.41, 5.74) is 18.3. The standard InChI is InChI=1S/C27H32ClN3O3.C25H28ClN3O3.C15H22ClN2.C15H20N2O3.CH2O3.HI.2K.H/c1-6-10-20(15-24(32)34-7-2)31-23-12-9-8-11-22(23)30(27(31)33)16-19-13-14-21(28)25-17(3)18(4)29(5)26(19)25;1-5-8-18(13-22(30)31)29-21-10-7-6-9-20(21)28(25(29)32)14-17-11-12-19(26)23-15(2)16(3)27(4)24(17)23;1-10-11(2)17(3)15-12(9-18(4,5)6)7-8-13(16)14(10)15;1-3-7-11(10-14(18)20-4-2)17-13-9-6-5-8-12(13)16-15(17)19;2-1-4-3;;;;/h8-9,11-14,20H,6-7,10,15-16H2,1-5H3;6-7,9-12,18H,5,8,13-14H2,1-4H3,(H,30,31);7-8H,9H2,1-6H3;5-6,8-9,11H,3-4,7,10H2,1-2H3,(H,16,19);1,3H;1H;;;/q;;+1;;;;2*+1;-1/p-2. The Kier molecular flexibility index (Phi) is 37.5. The van der Waals surface area contributed by atoms with Crippen molar-refractivity contribution in [3.05, 3.63) is 206 Å². The number of esters is 2. The van der Waals surface area contributed by atoms with E-state index in [4.69, 9.17) is 54.3 Å². The number of halogens is 4. The average Bonchev–Trinajstić information content (AvgIpc) is 1.60. The molecule has 12 aromatic rings. The van der Waals surface area contributed by atoms with Crippen molar-refractivity contribution in [3.63, 3.8) is 0 Å². The van der Waals surface area contributed by atoms with Crippen molar-refractivity contribution in [2.75, 3.05) is 34.4 Å². The number of imidazole rings is 3. The van der Waals surface area contributed by atoms with Crippen LogP contribution in [0.2, 0.25) is 15.1 Å². The molecule has 28 heteroatoms. The van der Waals surface area contributed by atoms with Crippen LogP contribution in [-0.4, -0.2) is 110 Å². The number of hydrogen-bond acceptors (Lipinski definition) is 11. The number of rotatable bonds is 24. The number of aliphatic carboxylic acids is 1. The van der Waals surface area contributed by atoms with Gasteiger partial charge >= 0.3 is 138 Å². The van der Waals surface area contributed by atoms with Gasteiger partial charge in [0.1, 0.15) is 6.54 Å².